The van der Waals surface area contributed by atoms with E-state index in [1.165, 1.54) is 24.2 Å². The van der Waals surface area contributed by atoms with Crippen LogP contribution in [0.4, 0.5) is 0 Å². The highest BCUT2D eigenvalue weighted by Gasteiger charge is 2.32. The minimum atomic E-state index is 0.476. The third-order valence-corrected chi connectivity index (χ3v) is 3.96. The van der Waals surface area contributed by atoms with Crippen molar-refractivity contribution in [1.29, 1.82) is 0 Å². The van der Waals surface area contributed by atoms with E-state index in [2.05, 4.69) is 27.4 Å². The quantitative estimate of drug-likeness (QED) is 0.843. The van der Waals surface area contributed by atoms with Crippen molar-refractivity contribution in [3.8, 4) is 11.5 Å². The van der Waals surface area contributed by atoms with Gasteiger partial charge in [0, 0.05) is 17.8 Å². The Morgan fingerprint density at radius 2 is 2.42 bits per heavy atom. The third-order valence-electron chi connectivity index (χ3n) is 3.37. The standard InChI is InChI=1S/C13H18N4OS/c1-2-5-14-10(9-3-4-9)6-12-16-13(17-18-12)11-7-19-8-15-11/h7-10,14H,2-6H2,1H3. The molecule has 5 nitrogen and oxygen atoms in total. The van der Waals surface area contributed by atoms with Crippen LogP contribution < -0.4 is 5.32 Å². The number of rotatable bonds is 7. The van der Waals surface area contributed by atoms with Crippen LogP contribution in [0.2, 0.25) is 0 Å². The summed E-state index contributed by atoms with van der Waals surface area (Å²) in [5, 5.41) is 9.52. The fraction of sp³-hybridized carbons (Fsp3) is 0.615. The van der Waals surface area contributed by atoms with Crippen LogP contribution in [0.1, 0.15) is 32.1 Å². The normalized spacial score (nSPS) is 16.7. The Bertz CT molecular complexity index is 506. The molecule has 0 spiro atoms. The molecule has 19 heavy (non-hydrogen) atoms. The topological polar surface area (TPSA) is 63.8 Å². The van der Waals surface area contributed by atoms with Crippen molar-refractivity contribution >= 4 is 11.3 Å². The van der Waals surface area contributed by atoms with Crippen molar-refractivity contribution in [2.45, 2.75) is 38.6 Å². The first-order valence-corrected chi connectivity index (χ1v) is 7.75. The summed E-state index contributed by atoms with van der Waals surface area (Å²) in [5.74, 6) is 2.09. The van der Waals surface area contributed by atoms with Gasteiger partial charge in [0.05, 0.1) is 5.51 Å². The maximum absolute atomic E-state index is 5.34. The number of thiazole rings is 1. The maximum Gasteiger partial charge on any atom is 0.228 e. The molecule has 0 bridgehead atoms. The zero-order valence-corrected chi connectivity index (χ0v) is 11.8. The molecule has 1 unspecified atom stereocenters. The minimum absolute atomic E-state index is 0.476. The number of nitrogens with one attached hydrogen (secondary N) is 1. The van der Waals surface area contributed by atoms with Crippen molar-refractivity contribution in [2.75, 3.05) is 6.54 Å². The summed E-state index contributed by atoms with van der Waals surface area (Å²) in [5.41, 5.74) is 2.57. The second-order valence-electron chi connectivity index (χ2n) is 4.99. The summed E-state index contributed by atoms with van der Waals surface area (Å²) in [6.07, 6.45) is 4.60. The lowest BCUT2D eigenvalue weighted by atomic mass is 10.1. The van der Waals surface area contributed by atoms with E-state index in [1.807, 2.05) is 5.38 Å². The van der Waals surface area contributed by atoms with Gasteiger partial charge in [-0.05, 0) is 31.7 Å². The predicted octanol–water partition coefficient (Wildman–Crippen LogP) is 2.51. The van der Waals surface area contributed by atoms with Crippen LogP contribution in [-0.2, 0) is 6.42 Å². The molecule has 1 atom stereocenters. The minimum Gasteiger partial charge on any atom is -0.339 e. The Kier molecular flexibility index (Phi) is 3.89. The van der Waals surface area contributed by atoms with Crippen molar-refractivity contribution < 1.29 is 4.52 Å². The Morgan fingerprint density at radius 3 is 3.11 bits per heavy atom. The highest BCUT2D eigenvalue weighted by molar-refractivity contribution is 7.07. The Morgan fingerprint density at radius 1 is 1.53 bits per heavy atom. The Hall–Kier alpha value is -1.27. The highest BCUT2D eigenvalue weighted by Crippen LogP contribution is 2.34. The summed E-state index contributed by atoms with van der Waals surface area (Å²) in [7, 11) is 0. The van der Waals surface area contributed by atoms with Crippen LogP contribution >= 0.6 is 11.3 Å². The third kappa shape index (κ3) is 3.19. The van der Waals surface area contributed by atoms with E-state index in [-0.39, 0.29) is 0 Å². The van der Waals surface area contributed by atoms with Gasteiger partial charge in [-0.25, -0.2) is 4.98 Å². The fourth-order valence-electron chi connectivity index (χ4n) is 2.19. The van der Waals surface area contributed by atoms with Gasteiger partial charge in [-0.1, -0.05) is 12.1 Å². The molecular formula is C13H18N4OS. The summed E-state index contributed by atoms with van der Waals surface area (Å²) >= 11 is 1.54. The first kappa shape index (κ1) is 12.7. The van der Waals surface area contributed by atoms with Crippen molar-refractivity contribution in [1.82, 2.24) is 20.4 Å². The molecule has 2 aromatic heterocycles. The van der Waals surface area contributed by atoms with Crippen LogP contribution in [0.5, 0.6) is 0 Å². The van der Waals surface area contributed by atoms with E-state index in [0.29, 0.717) is 17.8 Å². The second-order valence-corrected chi connectivity index (χ2v) is 5.71. The van der Waals surface area contributed by atoms with Gasteiger partial charge in [0.2, 0.25) is 11.7 Å². The van der Waals surface area contributed by atoms with Gasteiger partial charge in [-0.15, -0.1) is 11.3 Å². The summed E-state index contributed by atoms with van der Waals surface area (Å²) in [6.45, 7) is 3.23. The lowest BCUT2D eigenvalue weighted by Gasteiger charge is -2.15. The van der Waals surface area contributed by atoms with Crippen LogP contribution in [0.25, 0.3) is 11.5 Å². The number of hydrogen-bond acceptors (Lipinski definition) is 6. The average Bonchev–Trinajstić information content (AvgIpc) is 2.93. The highest BCUT2D eigenvalue weighted by atomic mass is 32.1. The first-order valence-electron chi connectivity index (χ1n) is 6.81. The molecule has 1 aliphatic rings. The smallest absolute Gasteiger partial charge is 0.228 e. The Balaban J connectivity index is 1.65. The van der Waals surface area contributed by atoms with Gasteiger partial charge in [0.25, 0.3) is 0 Å². The average molecular weight is 278 g/mol. The molecule has 1 fully saturated rings. The van der Waals surface area contributed by atoms with Crippen molar-refractivity contribution in [3.63, 3.8) is 0 Å². The van der Waals surface area contributed by atoms with Gasteiger partial charge in [-0.2, -0.15) is 4.98 Å². The lowest BCUT2D eigenvalue weighted by molar-refractivity contribution is 0.346. The van der Waals surface area contributed by atoms with Crippen molar-refractivity contribution in [2.24, 2.45) is 5.92 Å². The van der Waals surface area contributed by atoms with E-state index in [1.54, 1.807) is 5.51 Å². The molecule has 3 rings (SSSR count). The molecule has 102 valence electrons. The summed E-state index contributed by atoms with van der Waals surface area (Å²) in [6, 6.07) is 0.476. The monoisotopic (exact) mass is 278 g/mol. The van der Waals surface area contributed by atoms with Crippen LogP contribution in [0.15, 0.2) is 15.4 Å². The lowest BCUT2D eigenvalue weighted by Crippen LogP contribution is -2.33. The van der Waals surface area contributed by atoms with Crippen molar-refractivity contribution in [3.05, 3.63) is 16.8 Å². The molecule has 6 heteroatoms. The first-order chi connectivity index (χ1) is 9.36. The largest absolute Gasteiger partial charge is 0.339 e. The zero-order chi connectivity index (χ0) is 13.1. The number of nitrogens with zero attached hydrogens (tertiary/aromatic N) is 3. The molecule has 0 radical (unpaired) electrons. The van der Waals surface area contributed by atoms with Crippen LogP contribution in [-0.4, -0.2) is 27.7 Å². The molecule has 1 saturated carbocycles. The van der Waals surface area contributed by atoms with E-state index >= 15 is 0 Å². The van der Waals surface area contributed by atoms with Gasteiger partial charge in [-0.3, -0.25) is 0 Å². The molecule has 0 amide bonds. The molecule has 0 aromatic carbocycles. The SMILES string of the molecule is CCCNC(Cc1nc(-c2cscn2)no1)C1CC1. The van der Waals surface area contributed by atoms with Gasteiger partial charge < -0.3 is 9.84 Å². The maximum atomic E-state index is 5.34. The van der Waals surface area contributed by atoms with E-state index in [9.17, 15) is 0 Å². The molecule has 0 aliphatic heterocycles. The van der Waals surface area contributed by atoms with E-state index in [0.717, 1.165) is 31.0 Å². The predicted molar refractivity (Wildman–Crippen MR) is 73.9 cm³/mol. The van der Waals surface area contributed by atoms with Gasteiger partial charge >= 0.3 is 0 Å². The number of aromatic nitrogens is 3. The summed E-state index contributed by atoms with van der Waals surface area (Å²) in [4.78, 5) is 8.63. The molecule has 2 heterocycles. The van der Waals surface area contributed by atoms with Gasteiger partial charge in [0.15, 0.2) is 0 Å². The molecule has 2 aromatic rings. The molecule has 1 N–H and O–H groups in total. The van der Waals surface area contributed by atoms with Crippen LogP contribution in [0, 0.1) is 5.92 Å². The fourth-order valence-corrected chi connectivity index (χ4v) is 2.72. The zero-order valence-electron chi connectivity index (χ0n) is 11.0. The summed E-state index contributed by atoms with van der Waals surface area (Å²) < 4.78 is 5.34. The molecule has 1 aliphatic carbocycles. The van der Waals surface area contributed by atoms with E-state index in [4.69, 9.17) is 4.52 Å². The van der Waals surface area contributed by atoms with E-state index < -0.39 is 0 Å². The van der Waals surface area contributed by atoms with Crippen LogP contribution in [0.3, 0.4) is 0 Å². The molecular weight excluding hydrogens is 260 g/mol. The second kappa shape index (κ2) is 5.79. The van der Waals surface area contributed by atoms with Gasteiger partial charge in [0.1, 0.15) is 5.69 Å². The molecule has 0 saturated heterocycles. The number of hydrogen-bond donors (Lipinski definition) is 1. The Labute approximate surface area is 116 Å².